The molecule has 0 fully saturated rings. The van der Waals surface area contributed by atoms with E-state index in [0.29, 0.717) is 13.1 Å². The van der Waals surface area contributed by atoms with Crippen molar-refractivity contribution in [3.05, 3.63) is 28.1 Å². The van der Waals surface area contributed by atoms with Gasteiger partial charge in [-0.05, 0) is 12.2 Å². The first-order valence-electron chi connectivity index (χ1n) is 5.94. The summed E-state index contributed by atoms with van der Waals surface area (Å²) in [5, 5.41) is 9.02. The van der Waals surface area contributed by atoms with Gasteiger partial charge in [-0.3, -0.25) is 0 Å². The van der Waals surface area contributed by atoms with Crippen molar-refractivity contribution < 1.29 is 25.6 Å². The maximum Gasteiger partial charge on any atom is 0.424 e. The van der Waals surface area contributed by atoms with Gasteiger partial charge in [-0.15, -0.1) is 0 Å². The highest BCUT2D eigenvalue weighted by atomic mass is 35.5. The van der Waals surface area contributed by atoms with Gasteiger partial charge < -0.3 is 17.1 Å². The monoisotopic (exact) mass is 322 g/mol. The molecule has 0 spiro atoms. The number of halogens is 1. The zero-order valence-electron chi connectivity index (χ0n) is 11.7. The van der Waals surface area contributed by atoms with Crippen LogP contribution in [0.5, 0.6) is 0 Å². The molecule has 0 saturated carbocycles. The third-order valence-electron chi connectivity index (χ3n) is 3.03. The average molecular weight is 323 g/mol. The van der Waals surface area contributed by atoms with Gasteiger partial charge in [0.1, 0.15) is 4.98 Å². The lowest BCUT2D eigenvalue weighted by Crippen LogP contribution is -3.00. The number of ether oxygens (including phenoxy) is 1. The molecule has 0 radical (unpaired) electrons. The average Bonchev–Trinajstić information content (AvgIpc) is 2.39. The standard InChI is InChI=1S/C11H19N4O3S.ClH/c1-4-15(5-2)19(16,17)9-6-7-10(18-3)11(12,8-9)14-13;/h6-8,10H,4-5,12H2,1-3H3;1H/q+1;/p-1. The van der Waals surface area contributed by atoms with Crippen molar-refractivity contribution in [1.82, 2.24) is 4.31 Å². The number of nitrogens with zero attached hydrogens (tertiary/aromatic N) is 3. The van der Waals surface area contributed by atoms with E-state index in [-0.39, 0.29) is 17.3 Å². The zero-order chi connectivity index (χ0) is 14.7. The Balaban J connectivity index is 0.00000361. The largest absolute Gasteiger partial charge is 1.00 e. The molecule has 0 bridgehead atoms. The van der Waals surface area contributed by atoms with Crippen LogP contribution in [0.4, 0.5) is 0 Å². The maximum atomic E-state index is 12.3. The fourth-order valence-electron chi connectivity index (χ4n) is 1.92. The molecule has 2 unspecified atom stereocenters. The molecule has 0 aliphatic heterocycles. The number of hydrogen-bond acceptors (Lipinski definition) is 5. The molecule has 1 rings (SSSR count). The van der Waals surface area contributed by atoms with Crippen molar-refractivity contribution in [1.29, 1.82) is 5.39 Å². The SMILES string of the molecule is CCN(CC)S(=O)(=O)C1=CC(N)([N+]#N)C(OC)C=C1.[Cl-]. The molecule has 1 aliphatic rings. The van der Waals surface area contributed by atoms with E-state index in [1.807, 2.05) is 0 Å². The van der Waals surface area contributed by atoms with Crippen LogP contribution in [0.2, 0.25) is 0 Å². The summed E-state index contributed by atoms with van der Waals surface area (Å²) in [6.07, 6.45) is 3.37. The van der Waals surface area contributed by atoms with Gasteiger partial charge in [0.15, 0.2) is 6.10 Å². The smallest absolute Gasteiger partial charge is 0.424 e. The highest BCUT2D eigenvalue weighted by molar-refractivity contribution is 7.93. The number of hydrogen-bond donors (Lipinski definition) is 1. The first-order valence-corrected chi connectivity index (χ1v) is 7.38. The summed E-state index contributed by atoms with van der Waals surface area (Å²) >= 11 is 0. The number of methoxy groups -OCH3 is 1. The van der Waals surface area contributed by atoms with Crippen LogP contribution < -0.4 is 18.1 Å². The highest BCUT2D eigenvalue weighted by Gasteiger charge is 2.49. The van der Waals surface area contributed by atoms with Crippen molar-refractivity contribution in [3.8, 4) is 0 Å². The number of allylic oxidation sites excluding steroid dienone is 1. The van der Waals surface area contributed by atoms with Gasteiger partial charge in [0, 0.05) is 26.3 Å². The molecule has 0 saturated heterocycles. The third-order valence-corrected chi connectivity index (χ3v) is 5.08. The summed E-state index contributed by atoms with van der Waals surface area (Å²) in [5.74, 6) is 0. The molecule has 114 valence electrons. The van der Waals surface area contributed by atoms with Crippen LogP contribution in [0.15, 0.2) is 23.1 Å². The summed E-state index contributed by atoms with van der Waals surface area (Å²) < 4.78 is 31.0. The first kappa shape index (κ1) is 19.0. The molecule has 9 heteroatoms. The van der Waals surface area contributed by atoms with Crippen molar-refractivity contribution >= 4 is 10.0 Å². The molecular formula is C11H19ClN4O3S. The Hall–Kier alpha value is -0.980. The molecule has 7 nitrogen and oxygen atoms in total. The lowest BCUT2D eigenvalue weighted by molar-refractivity contribution is -0.00000740. The highest BCUT2D eigenvalue weighted by Crippen LogP contribution is 2.27. The predicted octanol–water partition coefficient (Wildman–Crippen LogP) is -2.36. The van der Waals surface area contributed by atoms with Crippen molar-refractivity contribution in [2.45, 2.75) is 25.6 Å². The molecule has 20 heavy (non-hydrogen) atoms. The normalized spacial score (nSPS) is 25.8. The van der Waals surface area contributed by atoms with Crippen LogP contribution in [0.25, 0.3) is 4.98 Å². The van der Waals surface area contributed by atoms with Crippen LogP contribution in [-0.4, -0.2) is 44.7 Å². The molecule has 0 amide bonds. The van der Waals surface area contributed by atoms with E-state index in [1.54, 1.807) is 13.8 Å². The number of diazo groups is 1. The minimum Gasteiger partial charge on any atom is -1.00 e. The molecular weight excluding hydrogens is 304 g/mol. The Morgan fingerprint density at radius 1 is 1.50 bits per heavy atom. The van der Waals surface area contributed by atoms with Gasteiger partial charge >= 0.3 is 5.66 Å². The van der Waals surface area contributed by atoms with E-state index < -0.39 is 21.8 Å². The van der Waals surface area contributed by atoms with E-state index in [9.17, 15) is 8.42 Å². The summed E-state index contributed by atoms with van der Waals surface area (Å²) in [5.41, 5.74) is 4.23. The molecule has 1 aliphatic carbocycles. The van der Waals surface area contributed by atoms with Gasteiger partial charge in [0.05, 0.1) is 4.91 Å². The van der Waals surface area contributed by atoms with E-state index in [2.05, 4.69) is 4.98 Å². The van der Waals surface area contributed by atoms with E-state index in [1.165, 1.54) is 29.6 Å². The summed E-state index contributed by atoms with van der Waals surface area (Å²) in [6, 6.07) is 0. The van der Waals surface area contributed by atoms with Crippen LogP contribution in [-0.2, 0) is 14.8 Å². The van der Waals surface area contributed by atoms with Crippen molar-refractivity contribution in [2.24, 2.45) is 5.73 Å². The van der Waals surface area contributed by atoms with Crippen LogP contribution in [0.1, 0.15) is 13.8 Å². The molecule has 2 atom stereocenters. The molecule has 0 heterocycles. The van der Waals surface area contributed by atoms with Gasteiger partial charge in [-0.2, -0.15) is 4.31 Å². The molecule has 0 aromatic heterocycles. The van der Waals surface area contributed by atoms with E-state index in [0.717, 1.165) is 0 Å². The van der Waals surface area contributed by atoms with Gasteiger partial charge in [0.25, 0.3) is 0 Å². The fourth-order valence-corrected chi connectivity index (χ4v) is 3.49. The molecule has 2 N–H and O–H groups in total. The number of nitrogens with two attached hydrogens (primary N) is 1. The van der Waals surface area contributed by atoms with Crippen LogP contribution in [0.3, 0.4) is 0 Å². The Labute approximate surface area is 125 Å². The van der Waals surface area contributed by atoms with E-state index in [4.69, 9.17) is 15.9 Å². The lowest BCUT2D eigenvalue weighted by Gasteiger charge is -2.23. The second kappa shape index (κ2) is 7.15. The summed E-state index contributed by atoms with van der Waals surface area (Å²) in [6.45, 7) is 4.20. The number of sulfonamides is 1. The van der Waals surface area contributed by atoms with Crippen LogP contribution in [0, 0.1) is 5.39 Å². The topological polar surface area (TPSA) is 101 Å². The minimum atomic E-state index is -3.64. The first-order chi connectivity index (χ1) is 8.85. The Morgan fingerprint density at radius 2 is 2.05 bits per heavy atom. The van der Waals surface area contributed by atoms with Gasteiger partial charge in [-0.1, -0.05) is 13.8 Å². The quantitative estimate of drug-likeness (QED) is 0.571. The minimum absolute atomic E-state index is 0. The van der Waals surface area contributed by atoms with Gasteiger partial charge in [-0.25, -0.2) is 14.2 Å². The lowest BCUT2D eigenvalue weighted by atomic mass is 10.00. The van der Waals surface area contributed by atoms with Gasteiger partial charge in [0.2, 0.25) is 15.4 Å². The zero-order valence-corrected chi connectivity index (χ0v) is 13.2. The summed E-state index contributed by atoms with van der Waals surface area (Å²) in [7, 11) is -2.23. The maximum absolute atomic E-state index is 12.3. The van der Waals surface area contributed by atoms with E-state index >= 15 is 0 Å². The second-order valence-electron chi connectivity index (χ2n) is 4.14. The fraction of sp³-hybridized carbons (Fsp3) is 0.636. The predicted molar refractivity (Wildman–Crippen MR) is 71.9 cm³/mol. The summed E-state index contributed by atoms with van der Waals surface area (Å²) in [4.78, 5) is 3.05. The Bertz CT molecular complexity index is 536. The number of rotatable bonds is 5. The van der Waals surface area contributed by atoms with Crippen LogP contribution >= 0.6 is 0 Å². The molecule has 0 aromatic rings. The van der Waals surface area contributed by atoms with Crippen molar-refractivity contribution in [2.75, 3.05) is 20.2 Å². The third kappa shape index (κ3) is 3.37. The Morgan fingerprint density at radius 3 is 2.45 bits per heavy atom. The second-order valence-corrected chi connectivity index (χ2v) is 6.08. The molecule has 0 aromatic carbocycles. The van der Waals surface area contributed by atoms with Crippen molar-refractivity contribution in [3.63, 3.8) is 0 Å². The Kier molecular flexibility index (Phi) is 6.80.